The van der Waals surface area contributed by atoms with Crippen molar-refractivity contribution in [3.8, 4) is 0 Å². The van der Waals surface area contributed by atoms with Gasteiger partial charge in [0, 0.05) is 19.2 Å². The van der Waals surface area contributed by atoms with Gasteiger partial charge in [-0.1, -0.05) is 12.1 Å². The van der Waals surface area contributed by atoms with E-state index in [1.54, 1.807) is 38.2 Å². The number of amides is 2. The van der Waals surface area contributed by atoms with Crippen LogP contribution >= 0.6 is 0 Å². The third-order valence-corrected chi connectivity index (χ3v) is 4.21. The Bertz CT molecular complexity index is 1060. The van der Waals surface area contributed by atoms with Gasteiger partial charge in [-0.05, 0) is 55.3 Å². The fourth-order valence-corrected chi connectivity index (χ4v) is 2.69. The molecule has 2 amide bonds. The molecule has 150 valence electrons. The Labute approximate surface area is 166 Å². The van der Waals surface area contributed by atoms with Gasteiger partial charge < -0.3 is 10.6 Å². The van der Waals surface area contributed by atoms with Gasteiger partial charge in [-0.2, -0.15) is 5.10 Å². The maximum atomic E-state index is 13.8. The number of anilines is 2. The minimum atomic E-state index is -0.556. The predicted molar refractivity (Wildman–Crippen MR) is 106 cm³/mol. The number of carbonyl (C=O) groups excluding carboxylic acids is 2. The second-order valence-electron chi connectivity index (χ2n) is 6.68. The number of rotatable bonds is 6. The van der Waals surface area contributed by atoms with Crippen molar-refractivity contribution in [2.24, 2.45) is 0 Å². The molecular weight excluding hydrogens is 378 g/mol. The van der Waals surface area contributed by atoms with E-state index >= 15 is 0 Å². The summed E-state index contributed by atoms with van der Waals surface area (Å²) in [4.78, 5) is 24.3. The number of carbonyl (C=O) groups is 2. The summed E-state index contributed by atoms with van der Waals surface area (Å²) in [5.74, 6) is -1.98. The molecule has 2 N–H and O–H groups in total. The molecular formula is C21H20F2N4O2. The highest BCUT2D eigenvalue weighted by atomic mass is 19.1. The van der Waals surface area contributed by atoms with Crippen LogP contribution in [0.3, 0.4) is 0 Å². The lowest BCUT2D eigenvalue weighted by atomic mass is 10.2. The van der Waals surface area contributed by atoms with Crippen molar-refractivity contribution in [2.75, 3.05) is 10.6 Å². The van der Waals surface area contributed by atoms with Gasteiger partial charge in [0.2, 0.25) is 5.91 Å². The number of aromatic nitrogens is 2. The summed E-state index contributed by atoms with van der Waals surface area (Å²) < 4.78 is 28.9. The normalized spacial score (nSPS) is 10.6. The fourth-order valence-electron chi connectivity index (χ4n) is 2.69. The van der Waals surface area contributed by atoms with Crippen LogP contribution in [0.2, 0.25) is 0 Å². The lowest BCUT2D eigenvalue weighted by Crippen LogP contribution is -2.17. The van der Waals surface area contributed by atoms with Crippen LogP contribution in [0.4, 0.5) is 20.2 Å². The van der Waals surface area contributed by atoms with Gasteiger partial charge in [-0.25, -0.2) is 8.78 Å². The van der Waals surface area contributed by atoms with E-state index in [2.05, 4.69) is 15.7 Å². The third kappa shape index (κ3) is 5.25. The largest absolute Gasteiger partial charge is 0.324 e. The van der Waals surface area contributed by atoms with Crippen LogP contribution in [0.5, 0.6) is 0 Å². The van der Waals surface area contributed by atoms with Crippen LogP contribution in [0.25, 0.3) is 0 Å². The van der Waals surface area contributed by atoms with Gasteiger partial charge in [-0.3, -0.25) is 14.3 Å². The van der Waals surface area contributed by atoms with Crippen molar-refractivity contribution in [3.05, 3.63) is 77.1 Å². The molecule has 1 aromatic heterocycles. The number of nitrogens with one attached hydrogen (secondary N) is 2. The maximum absolute atomic E-state index is 13.8. The number of halogens is 2. The number of benzene rings is 2. The first-order valence-corrected chi connectivity index (χ1v) is 8.99. The monoisotopic (exact) mass is 398 g/mol. The minimum Gasteiger partial charge on any atom is -0.324 e. The molecule has 0 radical (unpaired) electrons. The Morgan fingerprint density at radius 3 is 2.14 bits per heavy atom. The molecule has 3 rings (SSSR count). The molecule has 0 spiro atoms. The Kier molecular flexibility index (Phi) is 6.01. The van der Waals surface area contributed by atoms with Crippen molar-refractivity contribution >= 4 is 23.2 Å². The standard InChI is InChI=1S/C21H20F2N4O2/c1-13-3-5-15(22)18(11-13)24-20(28)8-10-27-9-7-17(26-27)21(29)25-19-12-14(2)4-6-16(19)23/h3-7,9,11-12H,8,10H2,1-2H3,(H,24,28)(H,25,29). The number of nitrogens with zero attached hydrogens (tertiary/aromatic N) is 2. The zero-order chi connectivity index (χ0) is 21.0. The topological polar surface area (TPSA) is 76.0 Å². The van der Waals surface area contributed by atoms with Crippen molar-refractivity contribution in [2.45, 2.75) is 26.8 Å². The zero-order valence-corrected chi connectivity index (χ0v) is 16.0. The molecule has 0 aliphatic rings. The summed E-state index contributed by atoms with van der Waals surface area (Å²) in [5, 5.41) is 9.10. The molecule has 0 aliphatic carbocycles. The molecule has 8 heteroatoms. The molecule has 0 aliphatic heterocycles. The first kappa shape index (κ1) is 20.2. The van der Waals surface area contributed by atoms with Crippen LogP contribution in [-0.2, 0) is 11.3 Å². The van der Waals surface area contributed by atoms with Crippen molar-refractivity contribution < 1.29 is 18.4 Å². The lowest BCUT2D eigenvalue weighted by Gasteiger charge is -2.07. The molecule has 0 saturated heterocycles. The second kappa shape index (κ2) is 8.64. The van der Waals surface area contributed by atoms with Crippen LogP contribution in [0.1, 0.15) is 28.0 Å². The highest BCUT2D eigenvalue weighted by Gasteiger charge is 2.13. The van der Waals surface area contributed by atoms with E-state index in [0.29, 0.717) is 0 Å². The van der Waals surface area contributed by atoms with Gasteiger partial charge in [0.1, 0.15) is 11.6 Å². The van der Waals surface area contributed by atoms with Gasteiger partial charge in [0.15, 0.2) is 5.69 Å². The van der Waals surface area contributed by atoms with E-state index in [4.69, 9.17) is 0 Å². The highest BCUT2D eigenvalue weighted by molar-refractivity contribution is 6.02. The van der Waals surface area contributed by atoms with Gasteiger partial charge in [0.05, 0.1) is 11.4 Å². The Balaban J connectivity index is 1.57. The van der Waals surface area contributed by atoms with Crippen LogP contribution in [0, 0.1) is 25.5 Å². The van der Waals surface area contributed by atoms with Gasteiger partial charge in [0.25, 0.3) is 5.91 Å². The Morgan fingerprint density at radius 1 is 0.931 bits per heavy atom. The van der Waals surface area contributed by atoms with E-state index in [1.165, 1.54) is 28.9 Å². The van der Waals surface area contributed by atoms with Crippen LogP contribution in [-0.4, -0.2) is 21.6 Å². The molecule has 0 atom stereocenters. The van der Waals surface area contributed by atoms with E-state index in [-0.39, 0.29) is 35.9 Å². The highest BCUT2D eigenvalue weighted by Crippen LogP contribution is 2.17. The molecule has 0 fully saturated rings. The lowest BCUT2D eigenvalue weighted by molar-refractivity contribution is -0.116. The summed E-state index contributed by atoms with van der Waals surface area (Å²) >= 11 is 0. The molecule has 6 nitrogen and oxygen atoms in total. The summed E-state index contributed by atoms with van der Waals surface area (Å²) in [5.41, 5.74) is 1.92. The van der Waals surface area contributed by atoms with Gasteiger partial charge >= 0.3 is 0 Å². The smallest absolute Gasteiger partial charge is 0.276 e. The Hall–Kier alpha value is -3.55. The van der Waals surface area contributed by atoms with Crippen molar-refractivity contribution in [3.63, 3.8) is 0 Å². The summed E-state index contributed by atoms with van der Waals surface area (Å²) in [6, 6.07) is 10.3. The molecule has 0 saturated carbocycles. The average Bonchev–Trinajstić information content (AvgIpc) is 3.15. The molecule has 0 bridgehead atoms. The molecule has 3 aromatic rings. The van der Waals surface area contributed by atoms with Crippen molar-refractivity contribution in [1.29, 1.82) is 0 Å². The van der Waals surface area contributed by atoms with Crippen LogP contribution in [0.15, 0.2) is 48.7 Å². The minimum absolute atomic E-state index is 0.0443. The molecule has 2 aromatic carbocycles. The van der Waals surface area contributed by atoms with E-state index in [9.17, 15) is 18.4 Å². The first-order chi connectivity index (χ1) is 13.8. The predicted octanol–water partition coefficient (Wildman–Crippen LogP) is 4.06. The fraction of sp³-hybridized carbons (Fsp3) is 0.190. The number of hydrogen-bond donors (Lipinski definition) is 2. The quantitative estimate of drug-likeness (QED) is 0.658. The SMILES string of the molecule is Cc1ccc(F)c(NC(=O)CCn2ccc(C(=O)Nc3cc(C)ccc3F)n2)c1. The average molecular weight is 398 g/mol. The van der Waals surface area contributed by atoms with E-state index < -0.39 is 17.5 Å². The number of hydrogen-bond acceptors (Lipinski definition) is 3. The van der Waals surface area contributed by atoms with Gasteiger partial charge in [-0.15, -0.1) is 0 Å². The molecule has 1 heterocycles. The van der Waals surface area contributed by atoms with Crippen molar-refractivity contribution in [1.82, 2.24) is 9.78 Å². The maximum Gasteiger partial charge on any atom is 0.276 e. The number of aryl methyl sites for hydroxylation is 3. The molecule has 0 unspecified atom stereocenters. The van der Waals surface area contributed by atoms with E-state index in [1.807, 2.05) is 0 Å². The van der Waals surface area contributed by atoms with Crippen LogP contribution < -0.4 is 10.6 Å². The summed E-state index contributed by atoms with van der Waals surface area (Å²) in [7, 11) is 0. The zero-order valence-electron chi connectivity index (χ0n) is 16.0. The summed E-state index contributed by atoms with van der Waals surface area (Å²) in [6.45, 7) is 3.79. The molecule has 29 heavy (non-hydrogen) atoms. The third-order valence-electron chi connectivity index (χ3n) is 4.21. The Morgan fingerprint density at radius 2 is 1.52 bits per heavy atom. The van der Waals surface area contributed by atoms with E-state index in [0.717, 1.165) is 11.1 Å². The second-order valence-corrected chi connectivity index (χ2v) is 6.68. The first-order valence-electron chi connectivity index (χ1n) is 8.99. The summed E-state index contributed by atoms with van der Waals surface area (Å²) in [6.07, 6.45) is 1.59.